The third-order valence-electron chi connectivity index (χ3n) is 7.60. The lowest BCUT2D eigenvalue weighted by Gasteiger charge is -2.42. The van der Waals surface area contributed by atoms with Gasteiger partial charge in [-0.3, -0.25) is 0 Å². The van der Waals surface area contributed by atoms with Crippen molar-refractivity contribution in [3.8, 4) is 0 Å². The zero-order valence-electron chi connectivity index (χ0n) is 18.7. The van der Waals surface area contributed by atoms with Crippen molar-refractivity contribution in [2.45, 2.75) is 90.9 Å². The molecule has 162 valence electrons. The van der Waals surface area contributed by atoms with Crippen LogP contribution < -0.4 is 0 Å². The first-order chi connectivity index (χ1) is 13.8. The van der Waals surface area contributed by atoms with Crippen molar-refractivity contribution in [3.63, 3.8) is 0 Å². The van der Waals surface area contributed by atoms with Gasteiger partial charge < -0.3 is 4.84 Å². The highest BCUT2D eigenvalue weighted by Crippen LogP contribution is 2.48. The molecule has 2 aliphatic carbocycles. The maximum absolute atomic E-state index is 12.1. The molecule has 1 aromatic heterocycles. The van der Waals surface area contributed by atoms with Crippen molar-refractivity contribution in [3.05, 3.63) is 16.1 Å². The summed E-state index contributed by atoms with van der Waals surface area (Å²) in [6, 6.07) is 0. The molecule has 29 heavy (non-hydrogen) atoms. The molecular formula is C24H38N2O2S. The zero-order chi connectivity index (χ0) is 20.6. The topological polar surface area (TPSA) is 42.4 Å². The Bertz CT molecular complexity index is 702. The monoisotopic (exact) mass is 418 g/mol. The van der Waals surface area contributed by atoms with E-state index in [4.69, 9.17) is 9.82 Å². The second-order valence-electron chi connectivity index (χ2n) is 10.8. The highest BCUT2D eigenvalue weighted by molar-refractivity contribution is 7.09. The predicted molar refractivity (Wildman–Crippen MR) is 118 cm³/mol. The molecule has 0 N–H and O–H groups in total. The maximum atomic E-state index is 12.1. The molecular weight excluding hydrogens is 380 g/mol. The first-order valence-corrected chi connectivity index (χ1v) is 12.6. The van der Waals surface area contributed by atoms with Crippen molar-refractivity contribution in [2.75, 3.05) is 13.1 Å². The van der Waals surface area contributed by atoms with Crippen LogP contribution in [0.1, 0.15) is 102 Å². The fourth-order valence-electron chi connectivity index (χ4n) is 5.63. The van der Waals surface area contributed by atoms with E-state index in [9.17, 15) is 4.79 Å². The molecule has 3 fully saturated rings. The van der Waals surface area contributed by atoms with Gasteiger partial charge in [-0.05, 0) is 70.6 Å². The highest BCUT2D eigenvalue weighted by atomic mass is 32.1. The largest absolute Gasteiger partial charge is 0.367 e. The van der Waals surface area contributed by atoms with Crippen LogP contribution in [0.3, 0.4) is 0 Å². The maximum Gasteiger partial charge on any atom is 0.330 e. The summed E-state index contributed by atoms with van der Waals surface area (Å²) in [6.07, 6.45) is 10.5. The summed E-state index contributed by atoms with van der Waals surface area (Å²) in [6.45, 7) is 9.81. The summed E-state index contributed by atoms with van der Waals surface area (Å²) in [4.78, 5) is 22.8. The Balaban J connectivity index is 1.31. The summed E-state index contributed by atoms with van der Waals surface area (Å²) in [7, 11) is 0. The fraction of sp³-hybridized carbons (Fsp3) is 0.833. The molecule has 1 saturated heterocycles. The number of aromatic nitrogens is 1. The van der Waals surface area contributed by atoms with Crippen molar-refractivity contribution < 1.29 is 9.63 Å². The molecule has 4 rings (SSSR count). The number of piperidine rings is 1. The Morgan fingerprint density at radius 2 is 1.86 bits per heavy atom. The molecule has 0 aromatic carbocycles. The summed E-state index contributed by atoms with van der Waals surface area (Å²) < 4.78 is 0. The fourth-order valence-corrected chi connectivity index (χ4v) is 6.71. The number of carbonyl (C=O) groups excluding carboxylic acids is 1. The third-order valence-corrected chi connectivity index (χ3v) is 8.62. The molecule has 0 amide bonds. The van der Waals surface area contributed by atoms with Crippen LogP contribution in [-0.2, 0) is 9.63 Å². The Kier molecular flexibility index (Phi) is 6.36. The lowest BCUT2D eigenvalue weighted by atomic mass is 9.63. The number of fused-ring (bicyclic) bond motifs is 1. The minimum absolute atomic E-state index is 0.139. The van der Waals surface area contributed by atoms with Crippen LogP contribution in [0.25, 0.3) is 0 Å². The average molecular weight is 419 g/mol. The summed E-state index contributed by atoms with van der Waals surface area (Å²) in [5, 5.41) is 5.50. The van der Waals surface area contributed by atoms with E-state index in [-0.39, 0.29) is 5.97 Å². The van der Waals surface area contributed by atoms with Gasteiger partial charge in [0.05, 0.1) is 16.1 Å². The molecule has 4 nitrogen and oxygen atoms in total. The van der Waals surface area contributed by atoms with Gasteiger partial charge in [-0.15, -0.1) is 16.4 Å². The molecule has 4 unspecified atom stereocenters. The van der Waals surface area contributed by atoms with Gasteiger partial charge in [-0.1, -0.05) is 26.2 Å². The van der Waals surface area contributed by atoms with Crippen LogP contribution in [0.5, 0.6) is 0 Å². The summed E-state index contributed by atoms with van der Waals surface area (Å²) in [5.41, 5.74) is 0.915. The standard InChI is InChI=1S/C24H38N2O2S/c1-16-6-5-7-17-8-9-19(14-20(16)17)21-15-29-22(25-21)18-10-12-26(13-11-18)28-23(27)24(2,3)4/h15-20H,5-14H2,1-4H3. The summed E-state index contributed by atoms with van der Waals surface area (Å²) >= 11 is 1.86. The number of carbonyl (C=O) groups is 1. The number of nitrogens with zero attached hydrogens (tertiary/aromatic N) is 2. The van der Waals surface area contributed by atoms with Crippen LogP contribution in [0, 0.1) is 23.2 Å². The van der Waals surface area contributed by atoms with Gasteiger partial charge in [0.1, 0.15) is 0 Å². The van der Waals surface area contributed by atoms with Gasteiger partial charge in [0.2, 0.25) is 0 Å². The Morgan fingerprint density at radius 3 is 2.59 bits per heavy atom. The van der Waals surface area contributed by atoms with E-state index in [0.717, 1.165) is 43.7 Å². The average Bonchev–Trinajstić information content (AvgIpc) is 3.18. The van der Waals surface area contributed by atoms with Crippen molar-refractivity contribution in [1.82, 2.24) is 10.0 Å². The molecule has 5 heteroatoms. The molecule has 4 atom stereocenters. The SMILES string of the molecule is CC1CCCC2CCC(c3csc(C4CCN(OC(=O)C(C)(C)C)CC4)n3)CC12. The Hall–Kier alpha value is -0.940. The first kappa shape index (κ1) is 21.3. The number of hydrogen-bond donors (Lipinski definition) is 0. The van der Waals surface area contributed by atoms with E-state index in [0.29, 0.717) is 11.8 Å². The van der Waals surface area contributed by atoms with E-state index < -0.39 is 5.41 Å². The number of thiazole rings is 1. The smallest absolute Gasteiger partial charge is 0.330 e. The number of rotatable bonds is 3. The normalized spacial score (nSPS) is 32.0. The van der Waals surface area contributed by atoms with Crippen LogP contribution in [0.4, 0.5) is 0 Å². The van der Waals surface area contributed by atoms with Crippen LogP contribution in [0.15, 0.2) is 5.38 Å². The van der Waals surface area contributed by atoms with E-state index in [2.05, 4.69) is 12.3 Å². The molecule has 0 bridgehead atoms. The first-order valence-electron chi connectivity index (χ1n) is 11.7. The van der Waals surface area contributed by atoms with Gasteiger partial charge in [-0.25, -0.2) is 9.78 Å². The van der Waals surface area contributed by atoms with E-state index in [1.54, 1.807) is 0 Å². The second-order valence-corrected chi connectivity index (χ2v) is 11.7. The van der Waals surface area contributed by atoms with Crippen LogP contribution >= 0.6 is 11.3 Å². The van der Waals surface area contributed by atoms with Gasteiger partial charge in [0.25, 0.3) is 0 Å². The molecule has 2 saturated carbocycles. The molecule has 1 aromatic rings. The lowest BCUT2D eigenvalue weighted by Crippen LogP contribution is -2.38. The molecule has 3 aliphatic rings. The molecule has 0 spiro atoms. The predicted octanol–water partition coefficient (Wildman–Crippen LogP) is 6.15. The molecule has 2 heterocycles. The highest BCUT2D eigenvalue weighted by Gasteiger charge is 2.37. The van der Waals surface area contributed by atoms with Gasteiger partial charge >= 0.3 is 5.97 Å². The van der Waals surface area contributed by atoms with E-state index in [1.807, 2.05) is 37.2 Å². The molecule has 1 aliphatic heterocycles. The second kappa shape index (κ2) is 8.66. The van der Waals surface area contributed by atoms with Gasteiger partial charge in [0.15, 0.2) is 0 Å². The summed E-state index contributed by atoms with van der Waals surface area (Å²) in [5.74, 6) is 3.86. The lowest BCUT2D eigenvalue weighted by molar-refractivity contribution is -0.204. The Labute approximate surface area is 180 Å². The van der Waals surface area contributed by atoms with Gasteiger partial charge in [0, 0.05) is 30.3 Å². The third kappa shape index (κ3) is 4.87. The minimum atomic E-state index is -0.449. The zero-order valence-corrected chi connectivity index (χ0v) is 19.5. The van der Waals surface area contributed by atoms with Crippen LogP contribution in [-0.4, -0.2) is 29.1 Å². The van der Waals surface area contributed by atoms with Gasteiger partial charge in [-0.2, -0.15) is 0 Å². The van der Waals surface area contributed by atoms with E-state index in [1.165, 1.54) is 49.2 Å². The number of hydrogen-bond acceptors (Lipinski definition) is 5. The van der Waals surface area contributed by atoms with Crippen molar-refractivity contribution in [1.29, 1.82) is 0 Å². The number of hydroxylamine groups is 2. The van der Waals surface area contributed by atoms with E-state index >= 15 is 0 Å². The van der Waals surface area contributed by atoms with Crippen LogP contribution in [0.2, 0.25) is 0 Å². The molecule has 0 radical (unpaired) electrons. The minimum Gasteiger partial charge on any atom is -0.367 e. The quantitative estimate of drug-likeness (QED) is 0.591. The Morgan fingerprint density at radius 1 is 1.10 bits per heavy atom. The van der Waals surface area contributed by atoms with Crippen molar-refractivity contribution >= 4 is 17.3 Å². The van der Waals surface area contributed by atoms with Crippen molar-refractivity contribution in [2.24, 2.45) is 23.2 Å².